The lowest BCUT2D eigenvalue weighted by Crippen LogP contribution is -2.31. The number of hydrogen-bond acceptors (Lipinski definition) is 4. The van der Waals surface area contributed by atoms with Gasteiger partial charge in [-0.3, -0.25) is 4.98 Å². The Morgan fingerprint density at radius 2 is 2.40 bits per heavy atom. The van der Waals surface area contributed by atoms with Gasteiger partial charge in [-0.2, -0.15) is 0 Å². The normalized spacial score (nSPS) is 19.6. The Labute approximate surface area is 117 Å². The Kier molecular flexibility index (Phi) is 3.44. The third kappa shape index (κ3) is 2.29. The van der Waals surface area contributed by atoms with Crippen LogP contribution in [0, 0.1) is 5.82 Å². The maximum atomic E-state index is 14.2. The molecule has 1 saturated heterocycles. The summed E-state index contributed by atoms with van der Waals surface area (Å²) in [6, 6.07) is 5.49. The van der Waals surface area contributed by atoms with Crippen LogP contribution in [0.25, 0.3) is 10.9 Å². The van der Waals surface area contributed by atoms with Crippen LogP contribution in [-0.4, -0.2) is 36.1 Å². The number of hydrogen-bond donors (Lipinski definition) is 2. The predicted octanol–water partition coefficient (Wildman–Crippen LogP) is 2.46. The van der Waals surface area contributed by atoms with Crippen molar-refractivity contribution in [2.75, 3.05) is 31.2 Å². The highest BCUT2D eigenvalue weighted by Crippen LogP contribution is 2.30. The molecular weight excluding hydrogens is 255 g/mol. The predicted molar refractivity (Wildman–Crippen MR) is 80.3 cm³/mol. The molecule has 4 nitrogen and oxygen atoms in total. The molecule has 0 amide bonds. The molecule has 0 spiro atoms. The molecule has 1 atom stereocenters. The van der Waals surface area contributed by atoms with Gasteiger partial charge in [0, 0.05) is 29.9 Å². The highest BCUT2D eigenvalue weighted by Gasteiger charge is 2.21. The lowest BCUT2D eigenvalue weighted by atomic mass is 10.1. The van der Waals surface area contributed by atoms with E-state index in [0.29, 0.717) is 22.9 Å². The Morgan fingerprint density at radius 3 is 3.15 bits per heavy atom. The number of nitrogens with two attached hydrogens (primary N) is 1. The maximum absolute atomic E-state index is 14.2. The van der Waals surface area contributed by atoms with Crippen LogP contribution in [0.1, 0.15) is 12.8 Å². The van der Waals surface area contributed by atoms with Gasteiger partial charge in [-0.05, 0) is 44.6 Å². The van der Waals surface area contributed by atoms with Crippen LogP contribution >= 0.6 is 0 Å². The van der Waals surface area contributed by atoms with E-state index in [2.05, 4.69) is 22.2 Å². The lowest BCUT2D eigenvalue weighted by Gasteiger charge is -2.21. The van der Waals surface area contributed by atoms with Crippen LogP contribution in [-0.2, 0) is 0 Å². The Hall–Kier alpha value is -1.88. The molecular formula is C15H19FN4. The summed E-state index contributed by atoms with van der Waals surface area (Å²) in [4.78, 5) is 6.57. The molecule has 0 aliphatic carbocycles. The van der Waals surface area contributed by atoms with Gasteiger partial charge in [0.1, 0.15) is 0 Å². The van der Waals surface area contributed by atoms with Crippen LogP contribution in [0.2, 0.25) is 0 Å². The molecule has 1 aliphatic heterocycles. The van der Waals surface area contributed by atoms with E-state index in [1.165, 1.54) is 12.5 Å². The van der Waals surface area contributed by atoms with Crippen molar-refractivity contribution in [3.63, 3.8) is 0 Å². The van der Waals surface area contributed by atoms with E-state index < -0.39 is 0 Å². The summed E-state index contributed by atoms with van der Waals surface area (Å²) in [6.07, 6.45) is 4.01. The standard InChI is InChI=1S/C15H19FN4/c1-20-7-3-4-10(20)9-19-15-12(16)8-13(17)11-5-2-6-18-14(11)15/h2,5-6,8,10,19H,3-4,7,9,17H2,1H3. The third-order valence-corrected chi connectivity index (χ3v) is 4.06. The fourth-order valence-electron chi connectivity index (χ4n) is 2.86. The fraction of sp³-hybridized carbons (Fsp3) is 0.400. The van der Waals surface area contributed by atoms with Crippen molar-refractivity contribution >= 4 is 22.3 Å². The monoisotopic (exact) mass is 274 g/mol. The number of fused-ring (bicyclic) bond motifs is 1. The number of pyridine rings is 1. The van der Waals surface area contributed by atoms with Crippen LogP contribution in [0.4, 0.5) is 15.8 Å². The van der Waals surface area contributed by atoms with Gasteiger partial charge in [0.2, 0.25) is 0 Å². The Morgan fingerprint density at radius 1 is 1.55 bits per heavy atom. The van der Waals surface area contributed by atoms with Gasteiger partial charge in [0.25, 0.3) is 0 Å². The smallest absolute Gasteiger partial charge is 0.150 e. The van der Waals surface area contributed by atoms with Gasteiger partial charge in [-0.15, -0.1) is 0 Å². The summed E-state index contributed by atoms with van der Waals surface area (Å²) < 4.78 is 14.2. The summed E-state index contributed by atoms with van der Waals surface area (Å²) in [5, 5.41) is 4.01. The van der Waals surface area contributed by atoms with Crippen LogP contribution in [0.5, 0.6) is 0 Å². The number of anilines is 2. The number of halogens is 1. The van der Waals surface area contributed by atoms with E-state index in [4.69, 9.17) is 5.73 Å². The first kappa shape index (κ1) is 13.1. The van der Waals surface area contributed by atoms with Crippen molar-refractivity contribution in [1.82, 2.24) is 9.88 Å². The van der Waals surface area contributed by atoms with Crippen molar-refractivity contribution in [1.29, 1.82) is 0 Å². The second kappa shape index (κ2) is 5.25. The molecule has 1 aromatic carbocycles. The van der Waals surface area contributed by atoms with Gasteiger partial charge in [0.15, 0.2) is 5.82 Å². The number of likely N-dealkylation sites (N-methyl/N-ethyl adjacent to an activating group) is 1. The first-order chi connectivity index (χ1) is 9.66. The van der Waals surface area contributed by atoms with Gasteiger partial charge < -0.3 is 16.0 Å². The summed E-state index contributed by atoms with van der Waals surface area (Å²) in [7, 11) is 2.11. The molecule has 1 aromatic heterocycles. The maximum Gasteiger partial charge on any atom is 0.150 e. The molecule has 3 rings (SSSR count). The fourth-order valence-corrected chi connectivity index (χ4v) is 2.86. The number of aromatic nitrogens is 1. The van der Waals surface area contributed by atoms with E-state index in [0.717, 1.165) is 24.9 Å². The first-order valence-electron chi connectivity index (χ1n) is 6.93. The van der Waals surface area contributed by atoms with Crippen molar-refractivity contribution in [2.45, 2.75) is 18.9 Å². The summed E-state index contributed by atoms with van der Waals surface area (Å²) in [5.74, 6) is -0.339. The minimum absolute atomic E-state index is 0.339. The van der Waals surface area contributed by atoms with Crippen molar-refractivity contribution < 1.29 is 4.39 Å². The first-order valence-corrected chi connectivity index (χ1v) is 6.93. The third-order valence-electron chi connectivity index (χ3n) is 4.06. The minimum atomic E-state index is -0.339. The van der Waals surface area contributed by atoms with E-state index in [-0.39, 0.29) is 5.82 Å². The average Bonchev–Trinajstić information content (AvgIpc) is 2.84. The van der Waals surface area contributed by atoms with Crippen molar-refractivity contribution in [2.24, 2.45) is 0 Å². The molecule has 1 unspecified atom stereocenters. The van der Waals surface area contributed by atoms with Crippen LogP contribution in [0.15, 0.2) is 24.4 Å². The zero-order valence-electron chi connectivity index (χ0n) is 11.6. The lowest BCUT2D eigenvalue weighted by molar-refractivity contribution is 0.322. The quantitative estimate of drug-likeness (QED) is 0.844. The number of nitrogens with one attached hydrogen (secondary N) is 1. The molecule has 5 heteroatoms. The zero-order chi connectivity index (χ0) is 14.1. The number of likely N-dealkylation sites (tertiary alicyclic amines) is 1. The SMILES string of the molecule is CN1CCCC1CNc1c(F)cc(N)c2cccnc12. The molecule has 20 heavy (non-hydrogen) atoms. The van der Waals surface area contributed by atoms with Crippen molar-refractivity contribution in [3.05, 3.63) is 30.2 Å². The molecule has 3 N–H and O–H groups in total. The summed E-state index contributed by atoms with van der Waals surface area (Å²) in [6.45, 7) is 1.83. The molecule has 1 aliphatic rings. The van der Waals surface area contributed by atoms with Gasteiger partial charge in [-0.1, -0.05) is 0 Å². The molecule has 106 valence electrons. The average molecular weight is 274 g/mol. The second-order valence-electron chi connectivity index (χ2n) is 5.38. The van der Waals surface area contributed by atoms with Gasteiger partial charge in [0.05, 0.1) is 11.2 Å². The zero-order valence-corrected chi connectivity index (χ0v) is 11.6. The van der Waals surface area contributed by atoms with E-state index in [9.17, 15) is 4.39 Å². The summed E-state index contributed by atoms with van der Waals surface area (Å²) >= 11 is 0. The Bertz CT molecular complexity index is 629. The minimum Gasteiger partial charge on any atom is -0.398 e. The number of nitrogens with zero attached hydrogens (tertiary/aromatic N) is 2. The molecule has 0 saturated carbocycles. The molecule has 2 aromatic rings. The highest BCUT2D eigenvalue weighted by atomic mass is 19.1. The van der Waals surface area contributed by atoms with Gasteiger partial charge in [-0.25, -0.2) is 4.39 Å². The molecule has 1 fully saturated rings. The molecule has 2 heterocycles. The summed E-state index contributed by atoms with van der Waals surface area (Å²) in [5.41, 5.74) is 7.33. The molecule has 0 radical (unpaired) electrons. The topological polar surface area (TPSA) is 54.2 Å². The Balaban J connectivity index is 1.90. The molecule has 0 bridgehead atoms. The van der Waals surface area contributed by atoms with E-state index in [1.54, 1.807) is 6.20 Å². The van der Waals surface area contributed by atoms with Crippen LogP contribution in [0.3, 0.4) is 0 Å². The largest absolute Gasteiger partial charge is 0.398 e. The van der Waals surface area contributed by atoms with Crippen LogP contribution < -0.4 is 11.1 Å². The van der Waals surface area contributed by atoms with E-state index >= 15 is 0 Å². The number of benzene rings is 1. The van der Waals surface area contributed by atoms with Crippen molar-refractivity contribution in [3.8, 4) is 0 Å². The van der Waals surface area contributed by atoms with E-state index in [1.807, 2.05) is 12.1 Å². The number of nitrogen functional groups attached to an aromatic ring is 1. The number of rotatable bonds is 3. The van der Waals surface area contributed by atoms with Gasteiger partial charge >= 0.3 is 0 Å². The second-order valence-corrected chi connectivity index (χ2v) is 5.38. The highest BCUT2D eigenvalue weighted by molar-refractivity contribution is 5.98.